The number of nitrogens with zero attached hydrogens (tertiary/aromatic N) is 1. The molecule has 0 spiro atoms. The van der Waals surface area contributed by atoms with Crippen molar-refractivity contribution in [1.82, 2.24) is 10.2 Å². The van der Waals surface area contributed by atoms with E-state index in [2.05, 4.69) is 22.8 Å². The SMILES string of the molecule is CCN(CC(=O)Nc1ccccc1OC)C(=S)NCCc1ccccc1. The first-order valence-electron chi connectivity index (χ1n) is 8.63. The second-order valence-corrected chi connectivity index (χ2v) is 6.12. The highest BCUT2D eigenvalue weighted by molar-refractivity contribution is 7.80. The normalized spacial score (nSPS) is 10.1. The van der Waals surface area contributed by atoms with Gasteiger partial charge in [-0.15, -0.1) is 0 Å². The van der Waals surface area contributed by atoms with Crippen LogP contribution in [-0.4, -0.2) is 42.7 Å². The molecule has 0 unspecified atom stereocenters. The minimum absolute atomic E-state index is 0.136. The van der Waals surface area contributed by atoms with Gasteiger partial charge in [-0.1, -0.05) is 42.5 Å². The molecule has 0 atom stereocenters. The minimum Gasteiger partial charge on any atom is -0.495 e. The first-order valence-corrected chi connectivity index (χ1v) is 9.04. The summed E-state index contributed by atoms with van der Waals surface area (Å²) in [5.41, 5.74) is 1.90. The zero-order valence-electron chi connectivity index (χ0n) is 15.2. The third-order valence-corrected chi connectivity index (χ3v) is 4.32. The number of carbonyl (C=O) groups is 1. The fourth-order valence-electron chi connectivity index (χ4n) is 2.51. The number of hydrogen-bond acceptors (Lipinski definition) is 3. The van der Waals surface area contributed by atoms with Crippen LogP contribution in [0.3, 0.4) is 0 Å². The fraction of sp³-hybridized carbons (Fsp3) is 0.300. The molecule has 0 radical (unpaired) electrons. The van der Waals surface area contributed by atoms with Crippen LogP contribution in [0.5, 0.6) is 5.75 Å². The van der Waals surface area contributed by atoms with Gasteiger partial charge < -0.3 is 20.3 Å². The van der Waals surface area contributed by atoms with Crippen molar-refractivity contribution in [3.8, 4) is 5.75 Å². The number of thiocarbonyl (C=S) groups is 1. The molecule has 138 valence electrons. The molecule has 1 amide bonds. The minimum atomic E-state index is -0.136. The van der Waals surface area contributed by atoms with Gasteiger partial charge in [0.1, 0.15) is 5.75 Å². The molecule has 0 aromatic heterocycles. The van der Waals surface area contributed by atoms with Crippen molar-refractivity contribution in [2.24, 2.45) is 0 Å². The molecule has 6 heteroatoms. The summed E-state index contributed by atoms with van der Waals surface area (Å²) in [6, 6.07) is 17.5. The maximum atomic E-state index is 12.4. The number of carbonyl (C=O) groups excluding carboxylic acids is 1. The summed E-state index contributed by atoms with van der Waals surface area (Å²) in [6.07, 6.45) is 0.881. The quantitative estimate of drug-likeness (QED) is 0.699. The Morgan fingerprint density at radius 2 is 1.81 bits per heavy atom. The lowest BCUT2D eigenvalue weighted by molar-refractivity contribution is -0.116. The Kier molecular flexibility index (Phi) is 7.89. The summed E-state index contributed by atoms with van der Waals surface area (Å²) in [6.45, 7) is 3.54. The van der Waals surface area contributed by atoms with Crippen LogP contribution < -0.4 is 15.4 Å². The zero-order valence-corrected chi connectivity index (χ0v) is 16.0. The third kappa shape index (κ3) is 6.04. The molecule has 2 aromatic carbocycles. The molecule has 0 heterocycles. The Hall–Kier alpha value is -2.60. The van der Waals surface area contributed by atoms with Crippen molar-refractivity contribution in [3.05, 3.63) is 60.2 Å². The zero-order chi connectivity index (χ0) is 18.8. The van der Waals surface area contributed by atoms with E-state index in [-0.39, 0.29) is 12.5 Å². The lowest BCUT2D eigenvalue weighted by atomic mass is 10.1. The van der Waals surface area contributed by atoms with Crippen molar-refractivity contribution in [2.75, 3.05) is 32.1 Å². The Balaban J connectivity index is 1.83. The highest BCUT2D eigenvalue weighted by atomic mass is 32.1. The molecule has 0 saturated carbocycles. The van der Waals surface area contributed by atoms with Crippen LogP contribution in [0.4, 0.5) is 5.69 Å². The van der Waals surface area contributed by atoms with Crippen molar-refractivity contribution >= 4 is 28.9 Å². The molecule has 0 fully saturated rings. The number of amides is 1. The van der Waals surface area contributed by atoms with Crippen LogP contribution in [0, 0.1) is 0 Å². The number of likely N-dealkylation sites (N-methyl/N-ethyl adjacent to an activating group) is 1. The van der Waals surface area contributed by atoms with Gasteiger partial charge in [0.25, 0.3) is 0 Å². The van der Waals surface area contributed by atoms with Crippen molar-refractivity contribution in [1.29, 1.82) is 0 Å². The van der Waals surface area contributed by atoms with Crippen LogP contribution in [0.2, 0.25) is 0 Å². The highest BCUT2D eigenvalue weighted by Gasteiger charge is 2.13. The van der Waals surface area contributed by atoms with Gasteiger partial charge in [-0.25, -0.2) is 0 Å². The number of rotatable bonds is 8. The Morgan fingerprint density at radius 3 is 2.50 bits per heavy atom. The van der Waals surface area contributed by atoms with Crippen molar-refractivity contribution in [2.45, 2.75) is 13.3 Å². The first-order chi connectivity index (χ1) is 12.6. The number of benzene rings is 2. The average Bonchev–Trinajstić information content (AvgIpc) is 2.67. The number of nitrogens with one attached hydrogen (secondary N) is 2. The van der Waals surface area contributed by atoms with E-state index < -0.39 is 0 Å². The molecule has 2 rings (SSSR count). The van der Waals surface area contributed by atoms with Gasteiger partial charge in [-0.3, -0.25) is 4.79 Å². The van der Waals surface area contributed by atoms with E-state index >= 15 is 0 Å². The maximum Gasteiger partial charge on any atom is 0.244 e. The van der Waals surface area contributed by atoms with Crippen LogP contribution in [0.25, 0.3) is 0 Å². The smallest absolute Gasteiger partial charge is 0.244 e. The Morgan fingerprint density at radius 1 is 1.12 bits per heavy atom. The summed E-state index contributed by atoms with van der Waals surface area (Å²) >= 11 is 5.43. The molecular formula is C20H25N3O2S. The number of ether oxygens (including phenoxy) is 1. The van der Waals surface area contributed by atoms with E-state index in [9.17, 15) is 4.79 Å². The number of methoxy groups -OCH3 is 1. The number of para-hydroxylation sites is 2. The van der Waals surface area contributed by atoms with Gasteiger partial charge in [0.05, 0.1) is 19.3 Å². The molecule has 2 N–H and O–H groups in total. The van der Waals surface area contributed by atoms with Crippen LogP contribution in [-0.2, 0) is 11.2 Å². The first kappa shape index (κ1) is 19.7. The molecule has 2 aromatic rings. The Bertz CT molecular complexity index is 722. The van der Waals surface area contributed by atoms with E-state index in [1.165, 1.54) is 5.56 Å². The van der Waals surface area contributed by atoms with Crippen molar-refractivity contribution < 1.29 is 9.53 Å². The molecule has 26 heavy (non-hydrogen) atoms. The second kappa shape index (κ2) is 10.4. The molecular weight excluding hydrogens is 346 g/mol. The largest absolute Gasteiger partial charge is 0.495 e. The van der Waals surface area contributed by atoms with Gasteiger partial charge >= 0.3 is 0 Å². The molecule has 0 bridgehead atoms. The molecule has 0 saturated heterocycles. The van der Waals surface area contributed by atoms with E-state index in [1.54, 1.807) is 7.11 Å². The lowest BCUT2D eigenvalue weighted by Gasteiger charge is -2.24. The predicted molar refractivity (Wildman–Crippen MR) is 110 cm³/mol. The summed E-state index contributed by atoms with van der Waals surface area (Å²) in [5.74, 6) is 0.496. The fourth-order valence-corrected chi connectivity index (χ4v) is 2.80. The molecule has 0 aliphatic heterocycles. The van der Waals surface area contributed by atoms with Gasteiger partial charge in [0, 0.05) is 13.1 Å². The summed E-state index contributed by atoms with van der Waals surface area (Å²) in [4.78, 5) is 14.2. The number of anilines is 1. The summed E-state index contributed by atoms with van der Waals surface area (Å²) in [5, 5.41) is 6.68. The van der Waals surface area contributed by atoms with E-state index in [1.807, 2.05) is 54.3 Å². The van der Waals surface area contributed by atoms with Crippen LogP contribution in [0.15, 0.2) is 54.6 Å². The predicted octanol–water partition coefficient (Wildman–Crippen LogP) is 3.07. The van der Waals surface area contributed by atoms with Crippen LogP contribution >= 0.6 is 12.2 Å². The molecule has 0 aliphatic carbocycles. The third-order valence-electron chi connectivity index (χ3n) is 3.92. The topological polar surface area (TPSA) is 53.6 Å². The van der Waals surface area contributed by atoms with Gasteiger partial charge in [0.15, 0.2) is 5.11 Å². The standard InChI is InChI=1S/C20H25N3O2S/c1-3-23(20(26)21-14-13-16-9-5-4-6-10-16)15-19(24)22-17-11-7-8-12-18(17)25-2/h4-12H,3,13-15H2,1-2H3,(H,21,26)(H,22,24). The van der Waals surface area contributed by atoms with Gasteiger partial charge in [-0.2, -0.15) is 0 Å². The molecule has 0 aliphatic rings. The second-order valence-electron chi connectivity index (χ2n) is 5.73. The summed E-state index contributed by atoms with van der Waals surface area (Å²) < 4.78 is 5.25. The Labute approximate surface area is 160 Å². The van der Waals surface area contributed by atoms with Crippen molar-refractivity contribution in [3.63, 3.8) is 0 Å². The van der Waals surface area contributed by atoms with Gasteiger partial charge in [0.2, 0.25) is 5.91 Å². The average molecular weight is 372 g/mol. The molecule has 5 nitrogen and oxygen atoms in total. The number of hydrogen-bond donors (Lipinski definition) is 2. The summed E-state index contributed by atoms with van der Waals surface area (Å²) in [7, 11) is 1.58. The monoisotopic (exact) mass is 371 g/mol. The maximum absolute atomic E-state index is 12.4. The van der Waals surface area contributed by atoms with E-state index in [0.717, 1.165) is 13.0 Å². The van der Waals surface area contributed by atoms with Crippen LogP contribution in [0.1, 0.15) is 12.5 Å². The van der Waals surface area contributed by atoms with E-state index in [4.69, 9.17) is 17.0 Å². The highest BCUT2D eigenvalue weighted by Crippen LogP contribution is 2.22. The van der Waals surface area contributed by atoms with Gasteiger partial charge in [-0.05, 0) is 43.3 Å². The lowest BCUT2D eigenvalue weighted by Crippen LogP contribution is -2.44. The van der Waals surface area contributed by atoms with E-state index in [0.29, 0.717) is 23.1 Å².